The standard InChI is InChI=1S/C19H18ClFN2O5/c20-12-2-1-3-13(21)16(12)19(28)23-6-4-11(5-7-23)22-18(27)10-8-14(24)17(26)15(25)9-10/h1-3,8-9,11,24-26H,4-7H2,(H,22,27). The van der Waals surface area contributed by atoms with Crippen molar-refractivity contribution in [3.8, 4) is 17.2 Å². The van der Waals surface area contributed by atoms with Gasteiger partial charge in [0.15, 0.2) is 17.2 Å². The van der Waals surface area contributed by atoms with Crippen LogP contribution in [0, 0.1) is 5.82 Å². The van der Waals surface area contributed by atoms with Gasteiger partial charge in [0.1, 0.15) is 5.82 Å². The van der Waals surface area contributed by atoms with Crippen LogP contribution < -0.4 is 5.32 Å². The van der Waals surface area contributed by atoms with Gasteiger partial charge in [-0.2, -0.15) is 0 Å². The summed E-state index contributed by atoms with van der Waals surface area (Å²) in [5, 5.41) is 31.2. The summed E-state index contributed by atoms with van der Waals surface area (Å²) in [6, 6.07) is 5.90. The van der Waals surface area contributed by atoms with Crippen molar-refractivity contribution in [2.75, 3.05) is 13.1 Å². The number of amides is 2. The summed E-state index contributed by atoms with van der Waals surface area (Å²) in [5.74, 6) is -3.62. The molecule has 0 radical (unpaired) electrons. The first kappa shape index (κ1) is 19.8. The van der Waals surface area contributed by atoms with Gasteiger partial charge in [-0.1, -0.05) is 17.7 Å². The van der Waals surface area contributed by atoms with E-state index in [0.717, 1.165) is 12.1 Å². The van der Waals surface area contributed by atoms with E-state index in [1.54, 1.807) is 0 Å². The smallest absolute Gasteiger partial charge is 0.258 e. The van der Waals surface area contributed by atoms with Crippen molar-refractivity contribution in [2.24, 2.45) is 0 Å². The molecule has 1 heterocycles. The summed E-state index contributed by atoms with van der Waals surface area (Å²) in [7, 11) is 0. The zero-order chi connectivity index (χ0) is 20.4. The second kappa shape index (κ2) is 7.93. The third-order valence-electron chi connectivity index (χ3n) is 4.63. The molecule has 148 valence electrons. The van der Waals surface area contributed by atoms with Crippen LogP contribution in [0.15, 0.2) is 30.3 Å². The van der Waals surface area contributed by atoms with E-state index < -0.39 is 34.9 Å². The number of halogens is 2. The van der Waals surface area contributed by atoms with Crippen molar-refractivity contribution in [1.29, 1.82) is 0 Å². The van der Waals surface area contributed by atoms with Crippen LogP contribution in [-0.4, -0.2) is 51.2 Å². The van der Waals surface area contributed by atoms with Crippen LogP contribution in [0.4, 0.5) is 4.39 Å². The van der Waals surface area contributed by atoms with Crippen molar-refractivity contribution in [3.63, 3.8) is 0 Å². The van der Waals surface area contributed by atoms with Gasteiger partial charge in [0.25, 0.3) is 11.8 Å². The lowest BCUT2D eigenvalue weighted by Gasteiger charge is -2.32. The van der Waals surface area contributed by atoms with E-state index >= 15 is 0 Å². The number of nitrogens with zero attached hydrogens (tertiary/aromatic N) is 1. The second-order valence-electron chi connectivity index (χ2n) is 6.50. The number of rotatable bonds is 3. The number of piperidine rings is 1. The maximum Gasteiger partial charge on any atom is 0.258 e. The van der Waals surface area contributed by atoms with Crippen LogP contribution in [-0.2, 0) is 0 Å². The fourth-order valence-corrected chi connectivity index (χ4v) is 3.34. The topological polar surface area (TPSA) is 110 Å². The quantitative estimate of drug-likeness (QED) is 0.583. The Morgan fingerprint density at radius 3 is 2.29 bits per heavy atom. The number of phenols is 3. The Labute approximate surface area is 165 Å². The number of phenolic OH excluding ortho intramolecular Hbond substituents is 3. The Morgan fingerprint density at radius 1 is 1.11 bits per heavy atom. The monoisotopic (exact) mass is 408 g/mol. The molecule has 7 nitrogen and oxygen atoms in total. The van der Waals surface area contributed by atoms with Crippen LogP contribution in [0.5, 0.6) is 17.2 Å². The van der Waals surface area contributed by atoms with Crippen LogP contribution in [0.25, 0.3) is 0 Å². The van der Waals surface area contributed by atoms with Gasteiger partial charge < -0.3 is 25.5 Å². The van der Waals surface area contributed by atoms with Crippen LogP contribution >= 0.6 is 11.6 Å². The molecule has 0 spiro atoms. The molecule has 1 aliphatic rings. The minimum Gasteiger partial charge on any atom is -0.504 e. The maximum atomic E-state index is 13.9. The molecule has 0 saturated carbocycles. The molecule has 1 aliphatic heterocycles. The average molecular weight is 409 g/mol. The van der Waals surface area contributed by atoms with E-state index in [0.29, 0.717) is 25.9 Å². The van der Waals surface area contributed by atoms with Crippen molar-refractivity contribution >= 4 is 23.4 Å². The van der Waals surface area contributed by atoms with E-state index in [9.17, 15) is 29.3 Å². The highest BCUT2D eigenvalue weighted by Crippen LogP contribution is 2.35. The Morgan fingerprint density at radius 2 is 1.71 bits per heavy atom. The fraction of sp³-hybridized carbons (Fsp3) is 0.263. The molecule has 2 aromatic rings. The molecule has 0 aliphatic carbocycles. The predicted molar refractivity (Wildman–Crippen MR) is 99.2 cm³/mol. The Bertz CT molecular complexity index is 885. The van der Waals surface area contributed by atoms with Gasteiger partial charge in [0.05, 0.1) is 10.6 Å². The minimum absolute atomic E-state index is 0.00977. The molecule has 3 rings (SSSR count). The number of hydrogen-bond donors (Lipinski definition) is 4. The first-order valence-corrected chi connectivity index (χ1v) is 8.94. The third kappa shape index (κ3) is 3.96. The summed E-state index contributed by atoms with van der Waals surface area (Å²) in [4.78, 5) is 26.3. The largest absolute Gasteiger partial charge is 0.504 e. The molecule has 1 saturated heterocycles. The van der Waals surface area contributed by atoms with Gasteiger partial charge in [-0.3, -0.25) is 9.59 Å². The SMILES string of the molecule is O=C(NC1CCN(C(=O)c2c(F)cccc2Cl)CC1)c1cc(O)c(O)c(O)c1. The molecule has 28 heavy (non-hydrogen) atoms. The van der Waals surface area contributed by atoms with Gasteiger partial charge in [-0.15, -0.1) is 0 Å². The number of nitrogens with one attached hydrogen (secondary N) is 1. The summed E-state index contributed by atoms with van der Waals surface area (Å²) in [6.07, 6.45) is 0.888. The molecule has 2 amide bonds. The van der Waals surface area contributed by atoms with Gasteiger partial charge >= 0.3 is 0 Å². The minimum atomic E-state index is -0.699. The normalized spacial score (nSPS) is 14.7. The lowest BCUT2D eigenvalue weighted by atomic mass is 10.0. The van der Waals surface area contributed by atoms with Crippen molar-refractivity contribution in [2.45, 2.75) is 18.9 Å². The summed E-state index contributed by atoms with van der Waals surface area (Å²) in [6.45, 7) is 0.612. The van der Waals surface area contributed by atoms with Gasteiger partial charge in [-0.25, -0.2) is 4.39 Å². The lowest BCUT2D eigenvalue weighted by molar-refractivity contribution is 0.0693. The highest BCUT2D eigenvalue weighted by molar-refractivity contribution is 6.33. The third-order valence-corrected chi connectivity index (χ3v) is 4.94. The molecule has 1 fully saturated rings. The van der Waals surface area contributed by atoms with E-state index in [1.165, 1.54) is 23.1 Å². The summed E-state index contributed by atoms with van der Waals surface area (Å²) >= 11 is 5.94. The highest BCUT2D eigenvalue weighted by Gasteiger charge is 2.28. The zero-order valence-corrected chi connectivity index (χ0v) is 15.4. The molecule has 2 aromatic carbocycles. The van der Waals surface area contributed by atoms with E-state index in [4.69, 9.17) is 11.6 Å². The zero-order valence-electron chi connectivity index (χ0n) is 14.7. The Kier molecular flexibility index (Phi) is 5.60. The lowest BCUT2D eigenvalue weighted by Crippen LogP contribution is -2.46. The number of likely N-dealkylation sites (tertiary alicyclic amines) is 1. The second-order valence-corrected chi connectivity index (χ2v) is 6.91. The number of carbonyl (C=O) groups is 2. The van der Waals surface area contributed by atoms with Gasteiger partial charge in [0.2, 0.25) is 0 Å². The molecule has 0 aromatic heterocycles. The first-order chi connectivity index (χ1) is 13.3. The van der Waals surface area contributed by atoms with Crippen LogP contribution in [0.2, 0.25) is 5.02 Å². The van der Waals surface area contributed by atoms with E-state index in [-0.39, 0.29) is 22.2 Å². The molecule has 0 bridgehead atoms. The number of benzene rings is 2. The predicted octanol–water partition coefficient (Wildman–Crippen LogP) is 2.63. The Hall–Kier alpha value is -3.00. The fourth-order valence-electron chi connectivity index (χ4n) is 3.09. The molecule has 9 heteroatoms. The van der Waals surface area contributed by atoms with Crippen molar-refractivity contribution < 1.29 is 29.3 Å². The summed E-state index contributed by atoms with van der Waals surface area (Å²) in [5.41, 5.74) is -0.175. The molecular weight excluding hydrogens is 391 g/mol. The molecule has 4 N–H and O–H groups in total. The van der Waals surface area contributed by atoms with Crippen molar-refractivity contribution in [1.82, 2.24) is 10.2 Å². The summed E-state index contributed by atoms with van der Waals surface area (Å²) < 4.78 is 13.9. The molecular formula is C19H18ClFN2O5. The average Bonchev–Trinajstić information content (AvgIpc) is 2.66. The van der Waals surface area contributed by atoms with Gasteiger partial charge in [0, 0.05) is 24.7 Å². The van der Waals surface area contributed by atoms with Gasteiger partial charge in [-0.05, 0) is 37.1 Å². The first-order valence-electron chi connectivity index (χ1n) is 8.57. The van der Waals surface area contributed by atoms with Crippen LogP contribution in [0.1, 0.15) is 33.6 Å². The number of carbonyl (C=O) groups excluding carboxylic acids is 2. The molecule has 0 unspecified atom stereocenters. The van der Waals surface area contributed by atoms with Crippen LogP contribution in [0.3, 0.4) is 0 Å². The Balaban J connectivity index is 1.61. The number of aromatic hydroxyl groups is 3. The highest BCUT2D eigenvalue weighted by atomic mass is 35.5. The van der Waals surface area contributed by atoms with E-state index in [1.807, 2.05) is 0 Å². The molecule has 0 atom stereocenters. The number of hydrogen-bond acceptors (Lipinski definition) is 5. The van der Waals surface area contributed by atoms with E-state index in [2.05, 4.69) is 5.32 Å². The van der Waals surface area contributed by atoms with Crippen molar-refractivity contribution in [3.05, 3.63) is 52.3 Å². The maximum absolute atomic E-state index is 13.9.